The van der Waals surface area contributed by atoms with Gasteiger partial charge in [-0.15, -0.1) is 0 Å². The fourth-order valence-corrected chi connectivity index (χ4v) is 1.58. The molecule has 1 aromatic rings. The van der Waals surface area contributed by atoms with Crippen molar-refractivity contribution in [1.82, 2.24) is 9.88 Å². The van der Waals surface area contributed by atoms with E-state index in [1.54, 1.807) is 18.3 Å². The SMILES string of the molecule is COC(=O)c1ccc(OC2CN(C)C2)cn1. The second-order valence-corrected chi connectivity index (χ2v) is 3.83. The van der Waals surface area contributed by atoms with Gasteiger partial charge in [0.1, 0.15) is 17.5 Å². The number of pyridine rings is 1. The van der Waals surface area contributed by atoms with Crippen LogP contribution in [0.5, 0.6) is 5.75 Å². The van der Waals surface area contributed by atoms with Gasteiger partial charge in [0, 0.05) is 13.1 Å². The highest BCUT2D eigenvalue weighted by Gasteiger charge is 2.24. The molecule has 0 unspecified atom stereocenters. The van der Waals surface area contributed by atoms with Crippen LogP contribution in [0.15, 0.2) is 18.3 Å². The van der Waals surface area contributed by atoms with E-state index in [9.17, 15) is 4.79 Å². The van der Waals surface area contributed by atoms with Crippen LogP contribution in [-0.2, 0) is 4.74 Å². The van der Waals surface area contributed by atoms with Crippen LogP contribution in [0.1, 0.15) is 10.5 Å². The molecule has 86 valence electrons. The van der Waals surface area contributed by atoms with E-state index in [-0.39, 0.29) is 6.10 Å². The molecular formula is C11H14N2O3. The number of hydrogen-bond acceptors (Lipinski definition) is 5. The van der Waals surface area contributed by atoms with Crippen LogP contribution in [0.2, 0.25) is 0 Å². The Labute approximate surface area is 94.0 Å². The van der Waals surface area contributed by atoms with Crippen molar-refractivity contribution in [3.05, 3.63) is 24.0 Å². The Balaban J connectivity index is 1.94. The van der Waals surface area contributed by atoms with Crippen molar-refractivity contribution in [3.63, 3.8) is 0 Å². The first-order valence-electron chi connectivity index (χ1n) is 5.08. The predicted molar refractivity (Wildman–Crippen MR) is 57.5 cm³/mol. The Kier molecular flexibility index (Phi) is 3.05. The van der Waals surface area contributed by atoms with Crippen molar-refractivity contribution >= 4 is 5.97 Å². The summed E-state index contributed by atoms with van der Waals surface area (Å²) in [6.07, 6.45) is 1.78. The monoisotopic (exact) mass is 222 g/mol. The molecule has 0 aliphatic carbocycles. The van der Waals surface area contributed by atoms with Gasteiger partial charge in [0.15, 0.2) is 0 Å². The lowest BCUT2D eigenvalue weighted by molar-refractivity contribution is 0.0385. The van der Waals surface area contributed by atoms with Gasteiger partial charge < -0.3 is 9.47 Å². The third kappa shape index (κ3) is 2.30. The molecule has 2 heterocycles. The van der Waals surface area contributed by atoms with E-state index in [1.807, 2.05) is 7.05 Å². The molecule has 1 fully saturated rings. The first-order valence-corrected chi connectivity index (χ1v) is 5.08. The number of nitrogens with zero attached hydrogens (tertiary/aromatic N) is 2. The smallest absolute Gasteiger partial charge is 0.356 e. The fraction of sp³-hybridized carbons (Fsp3) is 0.455. The van der Waals surface area contributed by atoms with Gasteiger partial charge in [-0.05, 0) is 19.2 Å². The fourth-order valence-electron chi connectivity index (χ4n) is 1.58. The van der Waals surface area contributed by atoms with Crippen LogP contribution < -0.4 is 4.74 Å². The van der Waals surface area contributed by atoms with Crippen LogP contribution in [0.3, 0.4) is 0 Å². The molecule has 2 rings (SSSR count). The number of hydrogen-bond donors (Lipinski definition) is 0. The highest BCUT2D eigenvalue weighted by Crippen LogP contribution is 2.16. The van der Waals surface area contributed by atoms with E-state index in [2.05, 4.69) is 14.6 Å². The first-order chi connectivity index (χ1) is 7.69. The number of aromatic nitrogens is 1. The maximum atomic E-state index is 11.1. The van der Waals surface area contributed by atoms with Crippen molar-refractivity contribution < 1.29 is 14.3 Å². The molecule has 0 saturated carbocycles. The number of rotatable bonds is 3. The van der Waals surface area contributed by atoms with Crippen molar-refractivity contribution in [1.29, 1.82) is 0 Å². The van der Waals surface area contributed by atoms with Gasteiger partial charge in [0.25, 0.3) is 0 Å². The standard InChI is InChI=1S/C11H14N2O3/c1-13-6-9(7-13)16-8-3-4-10(12-5-8)11(14)15-2/h3-5,9H,6-7H2,1-2H3. The molecular weight excluding hydrogens is 208 g/mol. The third-order valence-corrected chi connectivity index (χ3v) is 2.46. The lowest BCUT2D eigenvalue weighted by atomic mass is 10.2. The summed E-state index contributed by atoms with van der Waals surface area (Å²) in [5.41, 5.74) is 0.292. The Morgan fingerprint density at radius 3 is 2.75 bits per heavy atom. The second kappa shape index (κ2) is 4.49. The van der Waals surface area contributed by atoms with Gasteiger partial charge in [-0.3, -0.25) is 4.90 Å². The van der Waals surface area contributed by atoms with Crippen LogP contribution >= 0.6 is 0 Å². The van der Waals surface area contributed by atoms with Gasteiger partial charge >= 0.3 is 5.97 Å². The Hall–Kier alpha value is -1.62. The zero-order chi connectivity index (χ0) is 11.5. The van der Waals surface area contributed by atoms with Crippen molar-refractivity contribution in [2.24, 2.45) is 0 Å². The van der Waals surface area contributed by atoms with E-state index in [0.29, 0.717) is 11.4 Å². The summed E-state index contributed by atoms with van der Waals surface area (Å²) in [6, 6.07) is 3.33. The minimum absolute atomic E-state index is 0.232. The molecule has 0 radical (unpaired) electrons. The number of carbonyl (C=O) groups excluding carboxylic acids is 1. The largest absolute Gasteiger partial charge is 0.486 e. The van der Waals surface area contributed by atoms with Crippen molar-refractivity contribution in [3.8, 4) is 5.75 Å². The van der Waals surface area contributed by atoms with Crippen LogP contribution in [0.4, 0.5) is 0 Å². The molecule has 0 spiro atoms. The van der Waals surface area contributed by atoms with Crippen molar-refractivity contribution in [2.45, 2.75) is 6.10 Å². The highest BCUT2D eigenvalue weighted by molar-refractivity contribution is 5.87. The number of likely N-dealkylation sites (N-methyl/N-ethyl adjacent to an activating group) is 1. The normalized spacial score (nSPS) is 16.6. The van der Waals surface area contributed by atoms with Crippen LogP contribution in [-0.4, -0.2) is 49.2 Å². The summed E-state index contributed by atoms with van der Waals surface area (Å²) in [6.45, 7) is 1.86. The van der Waals surface area contributed by atoms with Gasteiger partial charge in [0.05, 0.1) is 13.3 Å². The summed E-state index contributed by atoms with van der Waals surface area (Å²) < 4.78 is 10.2. The summed E-state index contributed by atoms with van der Waals surface area (Å²) in [4.78, 5) is 17.3. The van der Waals surface area contributed by atoms with E-state index >= 15 is 0 Å². The quantitative estimate of drug-likeness (QED) is 0.699. The topological polar surface area (TPSA) is 51.7 Å². The molecule has 0 bridgehead atoms. The molecule has 0 amide bonds. The number of methoxy groups -OCH3 is 1. The lowest BCUT2D eigenvalue weighted by Crippen LogP contribution is -2.51. The number of esters is 1. The molecule has 0 atom stereocenters. The molecule has 16 heavy (non-hydrogen) atoms. The number of likely N-dealkylation sites (tertiary alicyclic amines) is 1. The minimum Gasteiger partial charge on any atom is -0.486 e. The maximum absolute atomic E-state index is 11.1. The van der Waals surface area contributed by atoms with E-state index < -0.39 is 5.97 Å². The lowest BCUT2D eigenvalue weighted by Gasteiger charge is -2.35. The predicted octanol–water partition coefficient (Wildman–Crippen LogP) is 0.561. The van der Waals surface area contributed by atoms with E-state index in [1.165, 1.54) is 7.11 Å². The molecule has 5 heteroatoms. The third-order valence-electron chi connectivity index (χ3n) is 2.46. The van der Waals surface area contributed by atoms with E-state index in [4.69, 9.17) is 4.74 Å². The average Bonchev–Trinajstić information content (AvgIpc) is 2.27. The molecule has 1 aliphatic heterocycles. The Bertz CT molecular complexity index is 371. The van der Waals surface area contributed by atoms with Crippen LogP contribution in [0.25, 0.3) is 0 Å². The number of ether oxygens (including phenoxy) is 2. The van der Waals surface area contributed by atoms with E-state index in [0.717, 1.165) is 13.1 Å². The molecule has 1 aliphatic rings. The van der Waals surface area contributed by atoms with Crippen molar-refractivity contribution in [2.75, 3.05) is 27.2 Å². The minimum atomic E-state index is -0.435. The Morgan fingerprint density at radius 2 is 2.25 bits per heavy atom. The molecule has 1 saturated heterocycles. The summed E-state index contributed by atoms with van der Waals surface area (Å²) in [7, 11) is 3.37. The van der Waals surface area contributed by atoms with Crippen LogP contribution in [0, 0.1) is 0 Å². The second-order valence-electron chi connectivity index (χ2n) is 3.83. The summed E-state index contributed by atoms with van der Waals surface area (Å²) in [5.74, 6) is 0.251. The molecule has 0 aromatic carbocycles. The Morgan fingerprint density at radius 1 is 1.50 bits per heavy atom. The van der Waals surface area contributed by atoms with Gasteiger partial charge in [0.2, 0.25) is 0 Å². The van der Waals surface area contributed by atoms with Gasteiger partial charge in [-0.2, -0.15) is 0 Å². The molecule has 0 N–H and O–H groups in total. The summed E-state index contributed by atoms with van der Waals surface area (Å²) >= 11 is 0. The molecule has 5 nitrogen and oxygen atoms in total. The summed E-state index contributed by atoms with van der Waals surface area (Å²) in [5, 5.41) is 0. The highest BCUT2D eigenvalue weighted by atomic mass is 16.5. The molecule has 1 aromatic heterocycles. The average molecular weight is 222 g/mol. The number of carbonyl (C=O) groups is 1. The zero-order valence-electron chi connectivity index (χ0n) is 9.34. The zero-order valence-corrected chi connectivity index (χ0v) is 9.34. The maximum Gasteiger partial charge on any atom is 0.356 e. The first kappa shape index (κ1) is 10.9. The van der Waals surface area contributed by atoms with Gasteiger partial charge in [-0.25, -0.2) is 9.78 Å². The van der Waals surface area contributed by atoms with Gasteiger partial charge in [-0.1, -0.05) is 0 Å².